The molecule has 0 fully saturated rings. The molecule has 30 heavy (non-hydrogen) atoms. The minimum Gasteiger partial charge on any atom is -0.322 e. The smallest absolute Gasteiger partial charge is 0.322 e. The predicted octanol–water partition coefficient (Wildman–Crippen LogP) is 4.81. The number of pyridine rings is 1. The molecular formula is C19H13ClF3N3O3S. The number of aromatic nitrogens is 1. The Morgan fingerprint density at radius 1 is 1.00 bits per heavy atom. The van der Waals surface area contributed by atoms with Crippen LogP contribution in [0, 0.1) is 0 Å². The van der Waals surface area contributed by atoms with Gasteiger partial charge in [0, 0.05) is 11.9 Å². The van der Waals surface area contributed by atoms with Crippen LogP contribution >= 0.6 is 11.6 Å². The third kappa shape index (κ3) is 5.08. The molecule has 0 unspecified atom stereocenters. The van der Waals surface area contributed by atoms with Crippen LogP contribution in [0.4, 0.5) is 24.5 Å². The molecule has 0 radical (unpaired) electrons. The maximum Gasteiger partial charge on any atom is 0.433 e. The van der Waals surface area contributed by atoms with Gasteiger partial charge in [0.1, 0.15) is 5.69 Å². The number of nitrogens with zero attached hydrogens (tertiary/aromatic N) is 1. The number of para-hydroxylation sites is 1. The van der Waals surface area contributed by atoms with Crippen molar-refractivity contribution in [2.45, 2.75) is 11.1 Å². The molecule has 3 aromatic rings. The van der Waals surface area contributed by atoms with Crippen molar-refractivity contribution in [3.63, 3.8) is 0 Å². The minimum absolute atomic E-state index is 0.120. The van der Waals surface area contributed by atoms with Gasteiger partial charge in [-0.1, -0.05) is 29.8 Å². The van der Waals surface area contributed by atoms with Crippen molar-refractivity contribution in [1.29, 1.82) is 0 Å². The van der Waals surface area contributed by atoms with E-state index in [-0.39, 0.29) is 26.9 Å². The third-order valence-electron chi connectivity index (χ3n) is 3.84. The van der Waals surface area contributed by atoms with Crippen LogP contribution < -0.4 is 10.0 Å². The number of halogens is 4. The largest absolute Gasteiger partial charge is 0.433 e. The molecule has 6 nitrogen and oxygen atoms in total. The number of amides is 1. The number of rotatable bonds is 5. The highest BCUT2D eigenvalue weighted by atomic mass is 35.5. The second-order valence-electron chi connectivity index (χ2n) is 6.00. The molecule has 0 spiro atoms. The van der Waals surface area contributed by atoms with Gasteiger partial charge in [-0.05, 0) is 42.5 Å². The number of alkyl halides is 3. The monoisotopic (exact) mass is 455 g/mol. The summed E-state index contributed by atoms with van der Waals surface area (Å²) in [5.41, 5.74) is -0.936. The van der Waals surface area contributed by atoms with E-state index in [2.05, 4.69) is 15.0 Å². The molecular weight excluding hydrogens is 443 g/mol. The topological polar surface area (TPSA) is 88.2 Å². The van der Waals surface area contributed by atoms with E-state index in [0.717, 1.165) is 12.3 Å². The van der Waals surface area contributed by atoms with Gasteiger partial charge >= 0.3 is 6.18 Å². The van der Waals surface area contributed by atoms with Gasteiger partial charge in [-0.2, -0.15) is 13.2 Å². The predicted molar refractivity (Wildman–Crippen MR) is 106 cm³/mol. The Labute approximate surface area is 174 Å². The van der Waals surface area contributed by atoms with Gasteiger partial charge in [-0.25, -0.2) is 8.42 Å². The van der Waals surface area contributed by atoms with Crippen LogP contribution in [0.2, 0.25) is 5.02 Å². The van der Waals surface area contributed by atoms with Gasteiger partial charge in [0.2, 0.25) is 0 Å². The molecule has 0 aliphatic heterocycles. The molecule has 156 valence electrons. The fourth-order valence-electron chi connectivity index (χ4n) is 2.39. The summed E-state index contributed by atoms with van der Waals surface area (Å²) in [4.78, 5) is 15.3. The van der Waals surface area contributed by atoms with E-state index in [1.807, 2.05) is 0 Å². The number of sulfonamides is 1. The molecule has 0 atom stereocenters. The Bertz CT molecular complexity index is 1180. The normalized spacial score (nSPS) is 11.7. The SMILES string of the molecule is O=C(Nc1cccc(S(=O)(=O)Nc2ccccc2Cl)c1)c1ccc(C(F)(F)F)nc1. The highest BCUT2D eigenvalue weighted by Gasteiger charge is 2.32. The first-order valence-electron chi connectivity index (χ1n) is 8.28. The Morgan fingerprint density at radius 2 is 1.73 bits per heavy atom. The summed E-state index contributed by atoms with van der Waals surface area (Å²) < 4.78 is 65.2. The molecule has 0 aliphatic carbocycles. The maximum atomic E-state index is 12.6. The lowest BCUT2D eigenvalue weighted by Crippen LogP contribution is -2.16. The quantitative estimate of drug-likeness (QED) is 0.578. The molecule has 1 aromatic heterocycles. The average molecular weight is 456 g/mol. The van der Waals surface area contributed by atoms with E-state index < -0.39 is 27.8 Å². The molecule has 0 saturated carbocycles. The lowest BCUT2D eigenvalue weighted by atomic mass is 10.2. The number of hydrogen-bond donors (Lipinski definition) is 2. The average Bonchev–Trinajstić information content (AvgIpc) is 2.69. The lowest BCUT2D eigenvalue weighted by molar-refractivity contribution is -0.141. The Kier molecular flexibility index (Phi) is 5.99. The first-order valence-corrected chi connectivity index (χ1v) is 10.1. The summed E-state index contributed by atoms with van der Waals surface area (Å²) in [6.07, 6.45) is -3.83. The molecule has 0 saturated heterocycles. The summed E-state index contributed by atoms with van der Waals surface area (Å²) in [6, 6.07) is 13.3. The summed E-state index contributed by atoms with van der Waals surface area (Å²) in [7, 11) is -4.00. The zero-order valence-electron chi connectivity index (χ0n) is 14.9. The van der Waals surface area contributed by atoms with Crippen LogP contribution in [-0.2, 0) is 16.2 Å². The number of carbonyl (C=O) groups excluding carboxylic acids is 1. The van der Waals surface area contributed by atoms with Crippen molar-refractivity contribution in [3.8, 4) is 0 Å². The summed E-state index contributed by atoms with van der Waals surface area (Å²) in [5.74, 6) is -0.746. The highest BCUT2D eigenvalue weighted by molar-refractivity contribution is 7.92. The second kappa shape index (κ2) is 8.33. The molecule has 0 bridgehead atoms. The zero-order valence-corrected chi connectivity index (χ0v) is 16.5. The fourth-order valence-corrected chi connectivity index (χ4v) is 3.75. The van der Waals surface area contributed by atoms with E-state index in [0.29, 0.717) is 6.07 Å². The van der Waals surface area contributed by atoms with Gasteiger partial charge in [0.25, 0.3) is 15.9 Å². The van der Waals surface area contributed by atoms with E-state index >= 15 is 0 Å². The number of hydrogen-bond acceptors (Lipinski definition) is 4. The van der Waals surface area contributed by atoms with Crippen molar-refractivity contribution in [2.75, 3.05) is 10.0 Å². The number of benzene rings is 2. The fraction of sp³-hybridized carbons (Fsp3) is 0.0526. The summed E-state index contributed by atoms with van der Waals surface area (Å²) in [5, 5.41) is 2.63. The Morgan fingerprint density at radius 3 is 2.37 bits per heavy atom. The molecule has 1 amide bonds. The Balaban J connectivity index is 1.78. The van der Waals surface area contributed by atoms with Crippen LogP contribution in [0.3, 0.4) is 0 Å². The van der Waals surface area contributed by atoms with Crippen molar-refractivity contribution in [2.24, 2.45) is 0 Å². The van der Waals surface area contributed by atoms with Crippen LogP contribution in [0.1, 0.15) is 16.1 Å². The minimum atomic E-state index is -4.62. The van der Waals surface area contributed by atoms with E-state index in [1.54, 1.807) is 12.1 Å². The van der Waals surface area contributed by atoms with Crippen molar-refractivity contribution in [1.82, 2.24) is 4.98 Å². The van der Waals surface area contributed by atoms with E-state index in [1.165, 1.54) is 36.4 Å². The molecule has 0 aliphatic rings. The molecule has 3 rings (SSSR count). The first kappa shape index (κ1) is 21.6. The molecule has 2 N–H and O–H groups in total. The van der Waals surface area contributed by atoms with Crippen molar-refractivity contribution < 1.29 is 26.4 Å². The van der Waals surface area contributed by atoms with Crippen LogP contribution in [0.15, 0.2) is 71.8 Å². The molecule has 2 aromatic carbocycles. The maximum absolute atomic E-state index is 12.6. The van der Waals surface area contributed by atoms with Gasteiger partial charge in [0.15, 0.2) is 0 Å². The number of carbonyl (C=O) groups is 1. The standard InChI is InChI=1S/C19H13ClF3N3O3S/c20-15-6-1-2-7-16(15)26-30(28,29)14-5-3-4-13(10-14)25-18(27)12-8-9-17(24-11-12)19(21,22)23/h1-11,26H,(H,25,27). The van der Waals surface area contributed by atoms with Gasteiger partial charge < -0.3 is 5.32 Å². The van der Waals surface area contributed by atoms with Crippen molar-refractivity contribution >= 4 is 38.9 Å². The molecule has 1 heterocycles. The Hall–Kier alpha value is -3.11. The van der Waals surface area contributed by atoms with Gasteiger partial charge in [0.05, 0.1) is 21.2 Å². The van der Waals surface area contributed by atoms with E-state index in [9.17, 15) is 26.4 Å². The summed E-state index contributed by atoms with van der Waals surface area (Å²) >= 11 is 5.96. The lowest BCUT2D eigenvalue weighted by Gasteiger charge is -2.11. The number of nitrogens with one attached hydrogen (secondary N) is 2. The third-order valence-corrected chi connectivity index (χ3v) is 5.53. The second-order valence-corrected chi connectivity index (χ2v) is 8.09. The molecule has 11 heteroatoms. The first-order chi connectivity index (χ1) is 14.1. The van der Waals surface area contributed by atoms with E-state index in [4.69, 9.17) is 11.6 Å². The van der Waals surface area contributed by atoms with Gasteiger partial charge in [-0.15, -0.1) is 0 Å². The highest BCUT2D eigenvalue weighted by Crippen LogP contribution is 2.28. The van der Waals surface area contributed by atoms with Crippen molar-refractivity contribution in [3.05, 3.63) is 83.1 Å². The van der Waals surface area contributed by atoms with Crippen LogP contribution in [-0.4, -0.2) is 19.3 Å². The number of anilines is 2. The van der Waals surface area contributed by atoms with Gasteiger partial charge in [-0.3, -0.25) is 14.5 Å². The summed E-state index contributed by atoms with van der Waals surface area (Å²) in [6.45, 7) is 0. The van der Waals surface area contributed by atoms with Crippen LogP contribution in [0.25, 0.3) is 0 Å². The zero-order chi connectivity index (χ0) is 21.9. The van der Waals surface area contributed by atoms with Crippen LogP contribution in [0.5, 0.6) is 0 Å².